The fourth-order valence-electron chi connectivity index (χ4n) is 2.31. The molecule has 0 atom stereocenters. The second-order valence-corrected chi connectivity index (χ2v) is 5.66. The molecule has 112 valence electrons. The minimum Gasteiger partial charge on any atom is -0.383 e. The SMILES string of the molecule is CCCc1c(N)nc(C(C)(C)c2ccc(F)cc2)[nH]c1=O. The Labute approximate surface area is 123 Å². The van der Waals surface area contributed by atoms with Crippen LogP contribution in [-0.2, 0) is 11.8 Å². The molecule has 0 aliphatic carbocycles. The lowest BCUT2D eigenvalue weighted by molar-refractivity contribution is 0.579. The van der Waals surface area contributed by atoms with E-state index >= 15 is 0 Å². The number of aromatic amines is 1. The van der Waals surface area contributed by atoms with Gasteiger partial charge in [0.05, 0.1) is 5.56 Å². The van der Waals surface area contributed by atoms with Crippen LogP contribution in [-0.4, -0.2) is 9.97 Å². The molecule has 0 aliphatic heterocycles. The highest BCUT2D eigenvalue weighted by atomic mass is 19.1. The van der Waals surface area contributed by atoms with Crippen molar-refractivity contribution in [1.82, 2.24) is 9.97 Å². The lowest BCUT2D eigenvalue weighted by Gasteiger charge is -2.24. The van der Waals surface area contributed by atoms with Gasteiger partial charge in [-0.05, 0) is 38.0 Å². The predicted molar refractivity (Wildman–Crippen MR) is 81.8 cm³/mol. The van der Waals surface area contributed by atoms with E-state index in [1.54, 1.807) is 12.1 Å². The van der Waals surface area contributed by atoms with Crippen LogP contribution in [0.15, 0.2) is 29.1 Å². The minimum absolute atomic E-state index is 0.200. The van der Waals surface area contributed by atoms with Crippen LogP contribution in [0.2, 0.25) is 0 Å². The molecule has 21 heavy (non-hydrogen) atoms. The molecule has 0 radical (unpaired) electrons. The van der Waals surface area contributed by atoms with Gasteiger partial charge in [-0.1, -0.05) is 25.5 Å². The van der Waals surface area contributed by atoms with Crippen molar-refractivity contribution in [1.29, 1.82) is 0 Å². The van der Waals surface area contributed by atoms with E-state index in [9.17, 15) is 9.18 Å². The van der Waals surface area contributed by atoms with E-state index in [0.717, 1.165) is 12.0 Å². The largest absolute Gasteiger partial charge is 0.383 e. The first-order chi connectivity index (χ1) is 9.86. The first kappa shape index (κ1) is 15.2. The maximum atomic E-state index is 13.0. The molecule has 0 saturated heterocycles. The third-order valence-corrected chi connectivity index (χ3v) is 3.71. The highest BCUT2D eigenvalue weighted by Gasteiger charge is 2.27. The summed E-state index contributed by atoms with van der Waals surface area (Å²) in [6.07, 6.45) is 1.43. The molecular weight excluding hydrogens is 269 g/mol. The van der Waals surface area contributed by atoms with Gasteiger partial charge >= 0.3 is 0 Å². The van der Waals surface area contributed by atoms with Crippen molar-refractivity contribution in [3.63, 3.8) is 0 Å². The van der Waals surface area contributed by atoms with E-state index in [0.29, 0.717) is 17.8 Å². The van der Waals surface area contributed by atoms with Crippen LogP contribution >= 0.6 is 0 Å². The molecule has 2 rings (SSSR count). The second-order valence-electron chi connectivity index (χ2n) is 5.66. The average Bonchev–Trinajstić information content (AvgIpc) is 2.43. The average molecular weight is 289 g/mol. The quantitative estimate of drug-likeness (QED) is 0.909. The van der Waals surface area contributed by atoms with Crippen molar-refractivity contribution < 1.29 is 4.39 Å². The summed E-state index contributed by atoms with van der Waals surface area (Å²) in [5.74, 6) is 0.455. The van der Waals surface area contributed by atoms with E-state index < -0.39 is 5.41 Å². The zero-order valence-electron chi connectivity index (χ0n) is 12.5. The summed E-state index contributed by atoms with van der Waals surface area (Å²) in [5.41, 5.74) is 6.53. The molecule has 0 fully saturated rings. The number of benzene rings is 1. The van der Waals surface area contributed by atoms with Crippen molar-refractivity contribution in [3.05, 3.63) is 57.4 Å². The molecule has 1 aromatic heterocycles. The normalized spacial score (nSPS) is 11.6. The van der Waals surface area contributed by atoms with Gasteiger partial charge in [-0.25, -0.2) is 9.37 Å². The van der Waals surface area contributed by atoms with Gasteiger partial charge in [-0.15, -0.1) is 0 Å². The monoisotopic (exact) mass is 289 g/mol. The number of H-pyrrole nitrogens is 1. The Morgan fingerprint density at radius 3 is 2.43 bits per heavy atom. The lowest BCUT2D eigenvalue weighted by atomic mass is 9.83. The van der Waals surface area contributed by atoms with Crippen LogP contribution in [0, 0.1) is 5.82 Å². The zero-order valence-corrected chi connectivity index (χ0v) is 12.5. The van der Waals surface area contributed by atoms with E-state index in [1.807, 2.05) is 20.8 Å². The maximum Gasteiger partial charge on any atom is 0.256 e. The van der Waals surface area contributed by atoms with E-state index in [2.05, 4.69) is 9.97 Å². The number of nitrogens with one attached hydrogen (secondary N) is 1. The molecular formula is C16H20FN3O. The molecule has 0 amide bonds. The van der Waals surface area contributed by atoms with Gasteiger partial charge < -0.3 is 10.7 Å². The van der Waals surface area contributed by atoms with Gasteiger partial charge in [-0.2, -0.15) is 0 Å². The molecule has 2 aromatic rings. The number of aromatic nitrogens is 2. The van der Waals surface area contributed by atoms with Gasteiger partial charge in [0, 0.05) is 5.41 Å². The highest BCUT2D eigenvalue weighted by molar-refractivity contribution is 5.40. The zero-order chi connectivity index (χ0) is 15.6. The predicted octanol–water partition coefficient (Wildman–Crippen LogP) is 2.77. The van der Waals surface area contributed by atoms with Gasteiger partial charge in [0.1, 0.15) is 17.5 Å². The Morgan fingerprint density at radius 2 is 1.90 bits per heavy atom. The summed E-state index contributed by atoms with van der Waals surface area (Å²) in [4.78, 5) is 19.3. The smallest absolute Gasteiger partial charge is 0.256 e. The van der Waals surface area contributed by atoms with Gasteiger partial charge in [0.2, 0.25) is 0 Å². The Bertz CT molecular complexity index is 690. The van der Waals surface area contributed by atoms with Crippen LogP contribution in [0.4, 0.5) is 10.2 Å². The molecule has 1 aromatic carbocycles. The Morgan fingerprint density at radius 1 is 1.29 bits per heavy atom. The third kappa shape index (κ3) is 2.96. The topological polar surface area (TPSA) is 71.8 Å². The first-order valence-electron chi connectivity index (χ1n) is 7.01. The summed E-state index contributed by atoms with van der Waals surface area (Å²) in [6, 6.07) is 6.16. The summed E-state index contributed by atoms with van der Waals surface area (Å²) >= 11 is 0. The minimum atomic E-state index is -0.564. The fourth-order valence-corrected chi connectivity index (χ4v) is 2.31. The standard InChI is InChI=1S/C16H20FN3O/c1-4-5-12-13(18)19-15(20-14(12)21)16(2,3)10-6-8-11(17)9-7-10/h6-9H,4-5H2,1-3H3,(H3,18,19,20,21). The van der Waals surface area contributed by atoms with Gasteiger partial charge in [-0.3, -0.25) is 4.79 Å². The summed E-state index contributed by atoms with van der Waals surface area (Å²) < 4.78 is 13.0. The van der Waals surface area contributed by atoms with Gasteiger partial charge in [0.15, 0.2) is 0 Å². The number of nitrogens with two attached hydrogens (primary N) is 1. The number of hydrogen-bond acceptors (Lipinski definition) is 3. The Kier molecular flexibility index (Phi) is 4.11. The van der Waals surface area contributed by atoms with Gasteiger partial charge in [0.25, 0.3) is 5.56 Å². The molecule has 0 bridgehead atoms. The van der Waals surface area contributed by atoms with E-state index in [-0.39, 0.29) is 17.2 Å². The third-order valence-electron chi connectivity index (χ3n) is 3.71. The Balaban J connectivity index is 2.50. The lowest BCUT2D eigenvalue weighted by Crippen LogP contribution is -2.29. The highest BCUT2D eigenvalue weighted by Crippen LogP contribution is 2.29. The number of rotatable bonds is 4. The van der Waals surface area contributed by atoms with Crippen LogP contribution < -0.4 is 11.3 Å². The summed E-state index contributed by atoms with van der Waals surface area (Å²) in [5, 5.41) is 0. The molecule has 0 spiro atoms. The summed E-state index contributed by atoms with van der Waals surface area (Å²) in [6.45, 7) is 5.81. The molecule has 0 unspecified atom stereocenters. The number of hydrogen-bond donors (Lipinski definition) is 2. The van der Waals surface area contributed by atoms with Crippen LogP contribution in [0.1, 0.15) is 44.1 Å². The van der Waals surface area contributed by atoms with Crippen LogP contribution in [0.3, 0.4) is 0 Å². The number of nitrogen functional groups attached to an aromatic ring is 1. The second kappa shape index (κ2) is 5.68. The molecule has 0 aliphatic rings. The maximum absolute atomic E-state index is 13.0. The summed E-state index contributed by atoms with van der Waals surface area (Å²) in [7, 11) is 0. The molecule has 3 N–H and O–H groups in total. The number of halogens is 1. The van der Waals surface area contributed by atoms with Crippen molar-refractivity contribution in [2.45, 2.75) is 39.0 Å². The Hall–Kier alpha value is -2.17. The van der Waals surface area contributed by atoms with Crippen molar-refractivity contribution >= 4 is 5.82 Å². The van der Waals surface area contributed by atoms with Crippen LogP contribution in [0.5, 0.6) is 0 Å². The number of anilines is 1. The van der Waals surface area contributed by atoms with Crippen molar-refractivity contribution in [2.75, 3.05) is 5.73 Å². The molecule has 0 saturated carbocycles. The first-order valence-corrected chi connectivity index (χ1v) is 7.01. The van der Waals surface area contributed by atoms with Crippen molar-refractivity contribution in [3.8, 4) is 0 Å². The molecule has 1 heterocycles. The van der Waals surface area contributed by atoms with Crippen LogP contribution in [0.25, 0.3) is 0 Å². The van der Waals surface area contributed by atoms with E-state index in [4.69, 9.17) is 5.73 Å². The molecule has 4 nitrogen and oxygen atoms in total. The fraction of sp³-hybridized carbons (Fsp3) is 0.375. The van der Waals surface area contributed by atoms with Crippen molar-refractivity contribution in [2.24, 2.45) is 0 Å². The van der Waals surface area contributed by atoms with E-state index in [1.165, 1.54) is 12.1 Å². The molecule has 5 heteroatoms. The number of nitrogens with zero attached hydrogens (tertiary/aromatic N) is 1.